The average molecular weight is 372 g/mol. The molecule has 3 aromatic rings. The molecule has 1 aromatic heterocycles. The number of aryl methyl sites for hydroxylation is 2. The highest BCUT2D eigenvalue weighted by molar-refractivity contribution is 5.68. The predicted octanol–water partition coefficient (Wildman–Crippen LogP) is 4.82. The summed E-state index contributed by atoms with van der Waals surface area (Å²) in [5.74, 6) is -2.22. The Hall–Kier alpha value is -3.62. The Balaban J connectivity index is 1.99. The molecule has 0 radical (unpaired) electrons. The predicted molar refractivity (Wildman–Crippen MR) is 94.3 cm³/mol. The fourth-order valence-corrected chi connectivity index (χ4v) is 2.51. The molecule has 0 bridgehead atoms. The zero-order valence-electron chi connectivity index (χ0n) is 14.4. The molecule has 7 nitrogen and oxygen atoms in total. The van der Waals surface area contributed by atoms with Crippen LogP contribution >= 0.6 is 0 Å². The lowest BCUT2D eigenvalue weighted by Gasteiger charge is -2.10. The second-order valence-corrected chi connectivity index (χ2v) is 5.81. The van der Waals surface area contributed by atoms with Crippen molar-refractivity contribution in [3.05, 3.63) is 75.6 Å². The third kappa shape index (κ3) is 4.14. The highest BCUT2D eigenvalue weighted by atomic mass is 19.2. The number of hydrogen-bond donors (Lipinski definition) is 1. The van der Waals surface area contributed by atoms with Gasteiger partial charge in [-0.1, -0.05) is 6.07 Å². The summed E-state index contributed by atoms with van der Waals surface area (Å²) in [5.41, 5.74) is 1.40. The van der Waals surface area contributed by atoms with Crippen LogP contribution in [0.5, 0.6) is 11.6 Å². The van der Waals surface area contributed by atoms with Crippen LogP contribution in [0.15, 0.2) is 42.7 Å². The number of nitro groups is 1. The Kier molecular flexibility index (Phi) is 4.93. The van der Waals surface area contributed by atoms with Gasteiger partial charge in [0.2, 0.25) is 5.82 Å². The minimum absolute atomic E-state index is 0.0908. The number of aromatic nitrogens is 2. The van der Waals surface area contributed by atoms with Crippen molar-refractivity contribution in [3.63, 3.8) is 0 Å². The quantitative estimate of drug-likeness (QED) is 0.510. The highest BCUT2D eigenvalue weighted by Crippen LogP contribution is 2.36. The van der Waals surface area contributed by atoms with Gasteiger partial charge in [0.15, 0.2) is 11.6 Å². The second-order valence-electron chi connectivity index (χ2n) is 5.81. The zero-order chi connectivity index (χ0) is 19.6. The molecule has 0 amide bonds. The van der Waals surface area contributed by atoms with Crippen molar-refractivity contribution in [1.82, 2.24) is 9.97 Å². The normalized spacial score (nSPS) is 10.5. The fraction of sp³-hybridized carbons (Fsp3) is 0.111. The van der Waals surface area contributed by atoms with Gasteiger partial charge in [-0.25, -0.2) is 13.8 Å². The van der Waals surface area contributed by atoms with Gasteiger partial charge in [-0.05, 0) is 49.2 Å². The van der Waals surface area contributed by atoms with Gasteiger partial charge in [0.1, 0.15) is 12.1 Å². The molecular weight excluding hydrogens is 358 g/mol. The molecule has 0 aliphatic heterocycles. The molecule has 0 aliphatic rings. The van der Waals surface area contributed by atoms with Crippen LogP contribution in [0.4, 0.5) is 26.0 Å². The Morgan fingerprint density at radius 1 is 1.04 bits per heavy atom. The van der Waals surface area contributed by atoms with Gasteiger partial charge in [-0.3, -0.25) is 10.1 Å². The van der Waals surface area contributed by atoms with Gasteiger partial charge >= 0.3 is 11.6 Å². The zero-order valence-corrected chi connectivity index (χ0v) is 14.4. The van der Waals surface area contributed by atoms with E-state index in [9.17, 15) is 18.9 Å². The van der Waals surface area contributed by atoms with E-state index in [4.69, 9.17) is 4.74 Å². The van der Waals surface area contributed by atoms with Crippen LogP contribution < -0.4 is 10.1 Å². The summed E-state index contributed by atoms with van der Waals surface area (Å²) in [4.78, 5) is 18.5. The third-order valence-electron chi connectivity index (χ3n) is 3.56. The maximum Gasteiger partial charge on any atom is 0.373 e. The van der Waals surface area contributed by atoms with Crippen molar-refractivity contribution in [3.8, 4) is 11.6 Å². The van der Waals surface area contributed by atoms with Crippen molar-refractivity contribution < 1.29 is 18.4 Å². The van der Waals surface area contributed by atoms with E-state index in [0.29, 0.717) is 5.75 Å². The molecule has 3 rings (SSSR count). The van der Waals surface area contributed by atoms with Crippen LogP contribution in [0.2, 0.25) is 0 Å². The van der Waals surface area contributed by atoms with Crippen LogP contribution in [0, 0.1) is 35.6 Å². The molecule has 0 saturated carbocycles. The summed E-state index contributed by atoms with van der Waals surface area (Å²) in [7, 11) is 0. The SMILES string of the molecule is Cc1cc(C)cc(Oc2ncnc(Nc3ccc(F)c(F)c3)c2[N+](=O)[O-])c1. The van der Waals surface area contributed by atoms with Gasteiger partial charge < -0.3 is 10.1 Å². The second kappa shape index (κ2) is 7.32. The van der Waals surface area contributed by atoms with Crippen LogP contribution in [-0.4, -0.2) is 14.9 Å². The maximum absolute atomic E-state index is 13.4. The van der Waals surface area contributed by atoms with Crippen molar-refractivity contribution in [2.24, 2.45) is 0 Å². The fourth-order valence-electron chi connectivity index (χ4n) is 2.51. The first-order chi connectivity index (χ1) is 12.8. The van der Waals surface area contributed by atoms with Gasteiger partial charge in [0, 0.05) is 11.8 Å². The topological polar surface area (TPSA) is 90.2 Å². The van der Waals surface area contributed by atoms with E-state index >= 15 is 0 Å². The Labute approximate surface area is 152 Å². The number of nitrogens with zero attached hydrogens (tertiary/aromatic N) is 3. The van der Waals surface area contributed by atoms with Gasteiger partial charge in [-0.15, -0.1) is 0 Å². The molecule has 2 aromatic carbocycles. The van der Waals surface area contributed by atoms with Crippen molar-refractivity contribution in [2.75, 3.05) is 5.32 Å². The van der Waals surface area contributed by atoms with E-state index in [1.165, 1.54) is 6.07 Å². The summed E-state index contributed by atoms with van der Waals surface area (Å²) in [6.45, 7) is 3.73. The lowest BCUT2D eigenvalue weighted by atomic mass is 10.1. The first-order valence-electron chi connectivity index (χ1n) is 7.81. The molecular formula is C18H14F2N4O3. The van der Waals surface area contributed by atoms with E-state index < -0.39 is 22.2 Å². The Bertz CT molecular complexity index is 1010. The Morgan fingerprint density at radius 2 is 1.74 bits per heavy atom. The number of rotatable bonds is 5. The lowest BCUT2D eigenvalue weighted by molar-refractivity contribution is -0.385. The first kappa shape index (κ1) is 18.2. The smallest absolute Gasteiger partial charge is 0.373 e. The molecule has 0 spiro atoms. The molecule has 0 unspecified atom stereocenters. The van der Waals surface area contributed by atoms with Crippen molar-refractivity contribution >= 4 is 17.2 Å². The maximum atomic E-state index is 13.4. The van der Waals surface area contributed by atoms with E-state index in [0.717, 1.165) is 29.6 Å². The van der Waals surface area contributed by atoms with Crippen LogP contribution in [-0.2, 0) is 0 Å². The summed E-state index contributed by atoms with van der Waals surface area (Å²) in [6, 6.07) is 8.35. The molecule has 138 valence electrons. The van der Waals surface area contributed by atoms with Crippen LogP contribution in [0.3, 0.4) is 0 Å². The van der Waals surface area contributed by atoms with Crippen molar-refractivity contribution in [1.29, 1.82) is 0 Å². The number of benzene rings is 2. The summed E-state index contributed by atoms with van der Waals surface area (Å²) in [5, 5.41) is 14.1. The molecule has 0 fully saturated rings. The number of nitrogens with one attached hydrogen (secondary N) is 1. The molecule has 1 N–H and O–H groups in total. The van der Waals surface area contributed by atoms with E-state index in [-0.39, 0.29) is 17.4 Å². The molecule has 27 heavy (non-hydrogen) atoms. The summed E-state index contributed by atoms with van der Waals surface area (Å²) in [6.07, 6.45) is 1.08. The van der Waals surface area contributed by atoms with Crippen molar-refractivity contribution in [2.45, 2.75) is 13.8 Å². The largest absolute Gasteiger partial charge is 0.434 e. The standard InChI is InChI=1S/C18H14F2N4O3/c1-10-5-11(2)7-13(6-10)27-18-16(24(25)26)17(21-9-22-18)23-12-3-4-14(19)15(20)8-12/h3-9H,1-2H3,(H,21,22,23). The molecule has 0 saturated heterocycles. The first-order valence-corrected chi connectivity index (χ1v) is 7.81. The monoisotopic (exact) mass is 372 g/mol. The molecule has 0 aliphatic carbocycles. The molecule has 0 atom stereocenters. The van der Waals surface area contributed by atoms with E-state index in [1.807, 2.05) is 19.9 Å². The van der Waals surface area contributed by atoms with Gasteiger partial charge in [-0.2, -0.15) is 4.98 Å². The molecule has 9 heteroatoms. The summed E-state index contributed by atoms with van der Waals surface area (Å²) >= 11 is 0. The van der Waals surface area contributed by atoms with Crippen LogP contribution in [0.25, 0.3) is 0 Å². The van der Waals surface area contributed by atoms with Crippen LogP contribution in [0.1, 0.15) is 11.1 Å². The van der Waals surface area contributed by atoms with Gasteiger partial charge in [0.25, 0.3) is 0 Å². The number of hydrogen-bond acceptors (Lipinski definition) is 6. The third-order valence-corrected chi connectivity index (χ3v) is 3.56. The van der Waals surface area contributed by atoms with E-state index in [2.05, 4.69) is 15.3 Å². The number of ether oxygens (including phenoxy) is 1. The Morgan fingerprint density at radius 3 is 2.37 bits per heavy atom. The lowest BCUT2D eigenvalue weighted by Crippen LogP contribution is -2.04. The minimum atomic E-state index is -1.09. The average Bonchev–Trinajstić information content (AvgIpc) is 2.57. The number of halogens is 2. The summed E-state index contributed by atoms with van der Waals surface area (Å²) < 4.78 is 32.0. The van der Waals surface area contributed by atoms with Gasteiger partial charge in [0.05, 0.1) is 4.92 Å². The van der Waals surface area contributed by atoms with E-state index in [1.54, 1.807) is 12.1 Å². The molecule has 1 heterocycles. The minimum Gasteiger partial charge on any atom is -0.434 e. The highest BCUT2D eigenvalue weighted by Gasteiger charge is 2.25. The number of anilines is 2.